The number of guanidine groups is 1. The number of fused-ring (bicyclic) bond motifs is 1. The lowest BCUT2D eigenvalue weighted by Crippen LogP contribution is -2.38. The molecule has 2 aliphatic rings. The molecule has 0 aromatic heterocycles. The third-order valence-electron chi connectivity index (χ3n) is 3.22. The Bertz CT molecular complexity index is 488. The van der Waals surface area contributed by atoms with Gasteiger partial charge in [-0.1, -0.05) is 6.07 Å². The van der Waals surface area contributed by atoms with Gasteiger partial charge in [-0.2, -0.15) is 0 Å². The molecule has 5 heteroatoms. The quantitative estimate of drug-likeness (QED) is 0.850. The first kappa shape index (κ1) is 12.1. The molecule has 0 bridgehead atoms. The zero-order chi connectivity index (χ0) is 13.1. The lowest BCUT2D eigenvalue weighted by molar-refractivity contribution is 0.171. The van der Waals surface area contributed by atoms with E-state index in [1.165, 1.54) is 5.56 Å². The molecule has 0 saturated carbocycles. The summed E-state index contributed by atoms with van der Waals surface area (Å²) in [6, 6.07) is 6.57. The van der Waals surface area contributed by atoms with Crippen LogP contribution < -0.4 is 20.1 Å². The first-order valence-corrected chi connectivity index (χ1v) is 6.74. The van der Waals surface area contributed by atoms with Crippen molar-refractivity contribution in [3.63, 3.8) is 0 Å². The molecular weight excluding hydrogens is 242 g/mol. The lowest BCUT2D eigenvalue weighted by Gasteiger charge is -2.19. The van der Waals surface area contributed by atoms with Gasteiger partial charge in [0.15, 0.2) is 17.5 Å². The van der Waals surface area contributed by atoms with Crippen molar-refractivity contribution in [3.8, 4) is 11.5 Å². The fourth-order valence-corrected chi connectivity index (χ4v) is 2.23. The third kappa shape index (κ3) is 2.92. The zero-order valence-corrected chi connectivity index (χ0v) is 11.1. The van der Waals surface area contributed by atoms with Gasteiger partial charge in [0.2, 0.25) is 0 Å². The molecule has 0 spiro atoms. The van der Waals surface area contributed by atoms with E-state index in [1.54, 1.807) is 0 Å². The molecule has 1 atom stereocenters. The maximum Gasteiger partial charge on any atom is 0.191 e. The van der Waals surface area contributed by atoms with Crippen LogP contribution in [0.4, 0.5) is 0 Å². The summed E-state index contributed by atoms with van der Waals surface area (Å²) in [5.41, 5.74) is 1.24. The molecule has 2 aliphatic heterocycles. The van der Waals surface area contributed by atoms with E-state index in [1.807, 2.05) is 6.07 Å². The summed E-state index contributed by atoms with van der Waals surface area (Å²) in [6.07, 6.45) is 0.936. The number of nitrogens with one attached hydrogen (secondary N) is 2. The summed E-state index contributed by atoms with van der Waals surface area (Å²) in [7, 11) is 0. The van der Waals surface area contributed by atoms with Crippen LogP contribution >= 0.6 is 0 Å². The highest BCUT2D eigenvalue weighted by atomic mass is 16.6. The van der Waals surface area contributed by atoms with Gasteiger partial charge < -0.3 is 20.1 Å². The Morgan fingerprint density at radius 2 is 2.16 bits per heavy atom. The minimum Gasteiger partial charge on any atom is -0.486 e. The van der Waals surface area contributed by atoms with Crippen molar-refractivity contribution in [2.24, 2.45) is 4.99 Å². The molecule has 3 rings (SSSR count). The summed E-state index contributed by atoms with van der Waals surface area (Å²) >= 11 is 0. The molecule has 5 nitrogen and oxygen atoms in total. The number of aliphatic imine (C=N–C) groups is 1. The predicted molar refractivity (Wildman–Crippen MR) is 74.0 cm³/mol. The highest BCUT2D eigenvalue weighted by molar-refractivity contribution is 5.81. The average Bonchev–Trinajstić information content (AvgIpc) is 2.84. The van der Waals surface area contributed by atoms with Gasteiger partial charge in [-0.15, -0.1) is 0 Å². The molecule has 1 aromatic rings. The van der Waals surface area contributed by atoms with E-state index in [4.69, 9.17) is 9.47 Å². The summed E-state index contributed by atoms with van der Waals surface area (Å²) in [5.74, 6) is 2.61. The van der Waals surface area contributed by atoms with Crippen LogP contribution in [-0.4, -0.2) is 38.3 Å². The molecule has 2 N–H and O–H groups in total. The van der Waals surface area contributed by atoms with Crippen molar-refractivity contribution in [2.75, 3.05) is 26.3 Å². The van der Waals surface area contributed by atoms with E-state index >= 15 is 0 Å². The number of hydrogen-bond acceptors (Lipinski definition) is 5. The van der Waals surface area contributed by atoms with Gasteiger partial charge in [0.1, 0.15) is 13.2 Å². The lowest BCUT2D eigenvalue weighted by atomic mass is 10.1. The minimum absolute atomic E-state index is 0.441. The van der Waals surface area contributed by atoms with E-state index in [-0.39, 0.29) is 0 Å². The first-order chi connectivity index (χ1) is 9.31. The Hall–Kier alpha value is -1.91. The number of nitrogens with zero attached hydrogens (tertiary/aromatic N) is 1. The van der Waals surface area contributed by atoms with Gasteiger partial charge in [-0.3, -0.25) is 4.99 Å². The van der Waals surface area contributed by atoms with Crippen LogP contribution in [0.15, 0.2) is 23.2 Å². The van der Waals surface area contributed by atoms with Crippen molar-refractivity contribution >= 4 is 5.96 Å². The van der Waals surface area contributed by atoms with Gasteiger partial charge in [0.25, 0.3) is 0 Å². The molecule has 0 aliphatic carbocycles. The van der Waals surface area contributed by atoms with Gasteiger partial charge in [-0.25, -0.2) is 0 Å². The van der Waals surface area contributed by atoms with Gasteiger partial charge in [0, 0.05) is 12.6 Å². The fraction of sp³-hybridized carbons (Fsp3) is 0.500. The topological polar surface area (TPSA) is 54.9 Å². The van der Waals surface area contributed by atoms with E-state index in [0.717, 1.165) is 37.0 Å². The number of rotatable bonds is 3. The predicted octanol–water partition coefficient (Wildman–Crippen LogP) is 0.938. The van der Waals surface area contributed by atoms with Crippen LogP contribution in [-0.2, 0) is 6.42 Å². The highest BCUT2D eigenvalue weighted by Crippen LogP contribution is 2.30. The molecule has 19 heavy (non-hydrogen) atoms. The van der Waals surface area contributed by atoms with E-state index < -0.39 is 0 Å². The molecule has 0 amide bonds. The second-order valence-electron chi connectivity index (χ2n) is 4.89. The maximum absolute atomic E-state index is 5.58. The Kier molecular flexibility index (Phi) is 3.44. The first-order valence-electron chi connectivity index (χ1n) is 6.74. The van der Waals surface area contributed by atoms with Gasteiger partial charge >= 0.3 is 0 Å². The van der Waals surface area contributed by atoms with E-state index in [2.05, 4.69) is 34.7 Å². The summed E-state index contributed by atoms with van der Waals surface area (Å²) < 4.78 is 11.1. The molecule has 0 radical (unpaired) electrons. The average molecular weight is 261 g/mol. The number of ether oxygens (including phenoxy) is 2. The SMILES string of the molecule is CC1CN=C(NCCc2ccc3c(c2)OCCO3)N1. The third-order valence-corrected chi connectivity index (χ3v) is 3.22. The van der Waals surface area contributed by atoms with E-state index in [9.17, 15) is 0 Å². The van der Waals surface area contributed by atoms with Crippen molar-refractivity contribution in [2.45, 2.75) is 19.4 Å². The molecule has 0 saturated heterocycles. The van der Waals surface area contributed by atoms with Gasteiger partial charge in [-0.05, 0) is 31.0 Å². The summed E-state index contributed by atoms with van der Waals surface area (Å²) in [5, 5.41) is 6.59. The number of benzene rings is 1. The Balaban J connectivity index is 1.53. The van der Waals surface area contributed by atoms with Crippen molar-refractivity contribution in [1.82, 2.24) is 10.6 Å². The summed E-state index contributed by atoms with van der Waals surface area (Å²) in [4.78, 5) is 4.37. The maximum atomic E-state index is 5.58. The smallest absolute Gasteiger partial charge is 0.191 e. The van der Waals surface area contributed by atoms with Crippen LogP contribution in [0.5, 0.6) is 11.5 Å². The van der Waals surface area contributed by atoms with Gasteiger partial charge in [0.05, 0.1) is 6.54 Å². The second-order valence-corrected chi connectivity index (χ2v) is 4.89. The largest absolute Gasteiger partial charge is 0.486 e. The Labute approximate surface area is 113 Å². The van der Waals surface area contributed by atoms with Crippen LogP contribution in [0.25, 0.3) is 0 Å². The fourth-order valence-electron chi connectivity index (χ4n) is 2.23. The van der Waals surface area contributed by atoms with Crippen LogP contribution in [0.3, 0.4) is 0 Å². The summed E-state index contributed by atoms with van der Waals surface area (Å²) in [6.45, 7) is 5.11. The molecule has 1 aromatic carbocycles. The Morgan fingerprint density at radius 3 is 2.95 bits per heavy atom. The van der Waals surface area contributed by atoms with Crippen LogP contribution in [0, 0.1) is 0 Å². The highest BCUT2D eigenvalue weighted by Gasteiger charge is 2.13. The number of hydrogen-bond donors (Lipinski definition) is 2. The molecular formula is C14H19N3O2. The standard InChI is InChI=1S/C14H19N3O2/c1-10-9-16-14(17-10)15-5-4-11-2-3-12-13(8-11)19-7-6-18-12/h2-3,8,10H,4-7,9H2,1H3,(H2,15,16,17). The minimum atomic E-state index is 0.441. The molecule has 102 valence electrons. The molecule has 2 heterocycles. The second kappa shape index (κ2) is 5.38. The molecule has 0 fully saturated rings. The van der Waals surface area contributed by atoms with Crippen molar-refractivity contribution < 1.29 is 9.47 Å². The van der Waals surface area contributed by atoms with E-state index in [0.29, 0.717) is 19.3 Å². The van der Waals surface area contributed by atoms with Crippen LogP contribution in [0.1, 0.15) is 12.5 Å². The van der Waals surface area contributed by atoms with Crippen LogP contribution in [0.2, 0.25) is 0 Å². The molecule has 1 unspecified atom stereocenters. The van der Waals surface area contributed by atoms with Crippen molar-refractivity contribution in [1.29, 1.82) is 0 Å². The monoisotopic (exact) mass is 261 g/mol. The Morgan fingerprint density at radius 1 is 1.32 bits per heavy atom. The normalized spacial score (nSPS) is 20.7. The van der Waals surface area contributed by atoms with Crippen molar-refractivity contribution in [3.05, 3.63) is 23.8 Å². The zero-order valence-electron chi connectivity index (χ0n) is 11.1.